The van der Waals surface area contributed by atoms with Gasteiger partial charge in [0.15, 0.2) is 11.6 Å². The maximum absolute atomic E-state index is 4.72. The van der Waals surface area contributed by atoms with Crippen LogP contribution >= 0.6 is 0 Å². The Hall–Kier alpha value is -3.39. The average Bonchev–Trinajstić information content (AvgIpc) is 3.45. The normalized spacial score (nSPS) is 17.1. The molecular weight excluding hydrogens is 364 g/mol. The molecule has 0 radical (unpaired) electrons. The van der Waals surface area contributed by atoms with E-state index in [-0.39, 0.29) is 0 Å². The number of nitrogens with zero attached hydrogens (tertiary/aromatic N) is 5. The van der Waals surface area contributed by atoms with E-state index < -0.39 is 0 Å². The van der Waals surface area contributed by atoms with Crippen LogP contribution in [0.1, 0.15) is 17.7 Å². The number of rotatable bonds is 6. The van der Waals surface area contributed by atoms with Crippen LogP contribution in [0.25, 0.3) is 5.52 Å². The third kappa shape index (κ3) is 3.93. The van der Waals surface area contributed by atoms with Gasteiger partial charge in [-0.2, -0.15) is 10.1 Å². The van der Waals surface area contributed by atoms with E-state index >= 15 is 0 Å². The summed E-state index contributed by atoms with van der Waals surface area (Å²) in [7, 11) is 0. The molecule has 29 heavy (non-hydrogen) atoms. The van der Waals surface area contributed by atoms with Gasteiger partial charge in [0.25, 0.3) is 0 Å². The molecule has 0 aliphatic carbocycles. The minimum Gasteiger partial charge on any atom is -0.364 e. The molecule has 148 valence electrons. The molecule has 4 heterocycles. The van der Waals surface area contributed by atoms with Crippen molar-refractivity contribution >= 4 is 23.1 Å². The molecule has 1 saturated heterocycles. The minimum atomic E-state index is 0.354. The number of aromatic amines is 1. The summed E-state index contributed by atoms with van der Waals surface area (Å²) in [5.74, 6) is 2.06. The number of aryl methyl sites for hydroxylation is 1. The van der Waals surface area contributed by atoms with Crippen LogP contribution in [0.2, 0.25) is 0 Å². The zero-order valence-corrected chi connectivity index (χ0v) is 16.3. The summed E-state index contributed by atoms with van der Waals surface area (Å²) >= 11 is 0. The molecule has 1 aliphatic rings. The maximum Gasteiger partial charge on any atom is 0.248 e. The van der Waals surface area contributed by atoms with E-state index in [1.54, 1.807) is 0 Å². The molecule has 5 rings (SSSR count). The predicted octanol–water partition coefficient (Wildman–Crippen LogP) is 3.19. The van der Waals surface area contributed by atoms with Gasteiger partial charge in [-0.3, -0.25) is 10.00 Å². The first-order valence-electron chi connectivity index (χ1n) is 9.90. The van der Waals surface area contributed by atoms with Gasteiger partial charge in [0, 0.05) is 43.6 Å². The summed E-state index contributed by atoms with van der Waals surface area (Å²) in [5.41, 5.74) is 3.30. The van der Waals surface area contributed by atoms with Gasteiger partial charge in [-0.15, -0.1) is 5.10 Å². The highest BCUT2D eigenvalue weighted by molar-refractivity contribution is 5.69. The van der Waals surface area contributed by atoms with Gasteiger partial charge >= 0.3 is 0 Å². The lowest BCUT2D eigenvalue weighted by Gasteiger charge is -2.18. The summed E-state index contributed by atoms with van der Waals surface area (Å²) in [4.78, 5) is 7.20. The van der Waals surface area contributed by atoms with E-state index in [2.05, 4.69) is 61.2 Å². The number of hydrogen-bond donors (Lipinski definition) is 3. The summed E-state index contributed by atoms with van der Waals surface area (Å²) in [6, 6.07) is 16.9. The van der Waals surface area contributed by atoms with E-state index in [1.807, 2.05) is 35.8 Å². The molecule has 8 heteroatoms. The summed E-state index contributed by atoms with van der Waals surface area (Å²) in [6.45, 7) is 5.01. The SMILES string of the molecule is Cc1cc(Nc2nc(NC3CCN(Cc4ccccc4)C3)c3cccn3n2)n[nH]1. The Balaban J connectivity index is 1.31. The van der Waals surface area contributed by atoms with Crippen LogP contribution in [0.15, 0.2) is 54.7 Å². The van der Waals surface area contributed by atoms with Crippen LogP contribution in [0.4, 0.5) is 17.6 Å². The fourth-order valence-corrected chi connectivity index (χ4v) is 3.82. The minimum absolute atomic E-state index is 0.354. The van der Waals surface area contributed by atoms with Crippen LogP contribution in [0, 0.1) is 6.92 Å². The number of nitrogens with one attached hydrogen (secondary N) is 3. The summed E-state index contributed by atoms with van der Waals surface area (Å²) in [6.07, 6.45) is 3.02. The van der Waals surface area contributed by atoms with Crippen LogP contribution in [0.5, 0.6) is 0 Å². The zero-order valence-electron chi connectivity index (χ0n) is 16.3. The highest BCUT2D eigenvalue weighted by Crippen LogP contribution is 2.22. The Labute approximate surface area is 169 Å². The lowest BCUT2D eigenvalue weighted by molar-refractivity contribution is 0.328. The number of hydrogen-bond acceptors (Lipinski definition) is 6. The van der Waals surface area contributed by atoms with Crippen molar-refractivity contribution in [3.05, 3.63) is 66.0 Å². The molecule has 0 bridgehead atoms. The van der Waals surface area contributed by atoms with Crippen molar-refractivity contribution in [1.82, 2.24) is 29.7 Å². The lowest BCUT2D eigenvalue weighted by Crippen LogP contribution is -2.26. The Morgan fingerprint density at radius 1 is 1.17 bits per heavy atom. The van der Waals surface area contributed by atoms with Gasteiger partial charge in [-0.05, 0) is 31.0 Å². The highest BCUT2D eigenvalue weighted by Gasteiger charge is 2.23. The molecule has 1 atom stereocenters. The largest absolute Gasteiger partial charge is 0.364 e. The predicted molar refractivity (Wildman–Crippen MR) is 113 cm³/mol. The highest BCUT2D eigenvalue weighted by atomic mass is 15.3. The van der Waals surface area contributed by atoms with Gasteiger partial charge in [-0.1, -0.05) is 30.3 Å². The molecule has 0 amide bonds. The van der Waals surface area contributed by atoms with E-state index in [0.29, 0.717) is 17.8 Å². The first kappa shape index (κ1) is 17.7. The molecule has 1 aliphatic heterocycles. The van der Waals surface area contributed by atoms with Gasteiger partial charge in [0.2, 0.25) is 5.95 Å². The summed E-state index contributed by atoms with van der Waals surface area (Å²) in [5, 5.41) is 18.5. The second-order valence-electron chi connectivity index (χ2n) is 7.53. The Morgan fingerprint density at radius 2 is 2.07 bits per heavy atom. The van der Waals surface area contributed by atoms with Crippen molar-refractivity contribution in [2.24, 2.45) is 0 Å². The Morgan fingerprint density at radius 3 is 2.90 bits per heavy atom. The lowest BCUT2D eigenvalue weighted by atomic mass is 10.2. The van der Waals surface area contributed by atoms with Crippen molar-refractivity contribution in [2.75, 3.05) is 23.7 Å². The van der Waals surface area contributed by atoms with Crippen molar-refractivity contribution in [3.63, 3.8) is 0 Å². The van der Waals surface area contributed by atoms with E-state index in [9.17, 15) is 0 Å². The zero-order chi connectivity index (χ0) is 19.6. The van der Waals surface area contributed by atoms with Crippen LogP contribution in [0.3, 0.4) is 0 Å². The van der Waals surface area contributed by atoms with Crippen molar-refractivity contribution in [1.29, 1.82) is 0 Å². The van der Waals surface area contributed by atoms with Crippen LogP contribution in [-0.2, 0) is 6.54 Å². The number of fused-ring (bicyclic) bond motifs is 1. The molecule has 3 aromatic heterocycles. The van der Waals surface area contributed by atoms with Crippen LogP contribution < -0.4 is 10.6 Å². The Bertz CT molecular complexity index is 1100. The molecule has 0 spiro atoms. The molecule has 1 aromatic carbocycles. The van der Waals surface area contributed by atoms with Crippen molar-refractivity contribution in [2.45, 2.75) is 25.9 Å². The average molecular weight is 388 g/mol. The molecule has 8 nitrogen and oxygen atoms in total. The number of aromatic nitrogens is 5. The maximum atomic E-state index is 4.72. The molecule has 0 saturated carbocycles. The third-order valence-electron chi connectivity index (χ3n) is 5.20. The monoisotopic (exact) mass is 388 g/mol. The fraction of sp³-hybridized carbons (Fsp3) is 0.286. The van der Waals surface area contributed by atoms with Gasteiger partial charge in [0.05, 0.1) is 0 Å². The molecule has 1 unspecified atom stereocenters. The second-order valence-corrected chi connectivity index (χ2v) is 7.53. The number of benzene rings is 1. The number of likely N-dealkylation sites (tertiary alicyclic amines) is 1. The van der Waals surface area contributed by atoms with E-state index in [4.69, 9.17) is 4.98 Å². The van der Waals surface area contributed by atoms with Crippen molar-refractivity contribution in [3.8, 4) is 0 Å². The number of anilines is 3. The van der Waals surface area contributed by atoms with Crippen LogP contribution in [-0.4, -0.2) is 48.8 Å². The van der Waals surface area contributed by atoms with E-state index in [1.165, 1.54) is 5.56 Å². The molecular formula is C21H24N8. The summed E-state index contributed by atoms with van der Waals surface area (Å²) < 4.78 is 1.84. The van der Waals surface area contributed by atoms with E-state index in [0.717, 1.165) is 43.1 Å². The first-order chi connectivity index (χ1) is 14.2. The number of H-pyrrole nitrogens is 1. The smallest absolute Gasteiger partial charge is 0.248 e. The van der Waals surface area contributed by atoms with Gasteiger partial charge < -0.3 is 10.6 Å². The molecule has 1 fully saturated rings. The quantitative estimate of drug-likeness (QED) is 0.470. The molecule has 4 aromatic rings. The third-order valence-corrected chi connectivity index (χ3v) is 5.20. The fourth-order valence-electron chi connectivity index (χ4n) is 3.82. The van der Waals surface area contributed by atoms with Gasteiger partial charge in [-0.25, -0.2) is 4.52 Å². The second kappa shape index (κ2) is 7.56. The Kier molecular flexibility index (Phi) is 4.61. The van der Waals surface area contributed by atoms with Crippen molar-refractivity contribution < 1.29 is 0 Å². The standard InChI is InChI=1S/C21H24N8/c1-15-12-19(26-25-15)23-21-24-20(18-8-5-10-29(18)27-21)22-17-9-11-28(14-17)13-16-6-3-2-4-7-16/h2-8,10,12,17H,9,11,13-14H2,1H3,(H3,22,23,24,25,26,27). The van der Waals surface area contributed by atoms with Gasteiger partial charge in [0.1, 0.15) is 5.52 Å². The topological polar surface area (TPSA) is 86.2 Å². The first-order valence-corrected chi connectivity index (χ1v) is 9.90. The molecule has 3 N–H and O–H groups in total.